The lowest BCUT2D eigenvalue weighted by molar-refractivity contribution is 0.0723. The van der Waals surface area contributed by atoms with Crippen LogP contribution in [-0.4, -0.2) is 51.5 Å². The van der Waals surface area contributed by atoms with Crippen molar-refractivity contribution in [2.45, 2.75) is 12.5 Å². The van der Waals surface area contributed by atoms with Crippen molar-refractivity contribution in [2.24, 2.45) is 0 Å². The number of aromatic hydroxyl groups is 2. The molecule has 0 aliphatic carbocycles. The zero-order valence-corrected chi connectivity index (χ0v) is 16.5. The molecule has 1 aliphatic heterocycles. The van der Waals surface area contributed by atoms with Gasteiger partial charge in [0.25, 0.3) is 5.91 Å². The Morgan fingerprint density at radius 3 is 2.83 bits per heavy atom. The topological polar surface area (TPSA) is 98.7 Å². The summed E-state index contributed by atoms with van der Waals surface area (Å²) in [6, 6.07) is 11.0. The summed E-state index contributed by atoms with van der Waals surface area (Å²) in [5.41, 5.74) is 2.65. The molecule has 0 saturated heterocycles. The molecular formula is C21H20ClN3O4. The molecule has 8 heteroatoms. The highest BCUT2D eigenvalue weighted by Gasteiger charge is 2.42. The third-order valence-corrected chi connectivity index (χ3v) is 5.25. The van der Waals surface area contributed by atoms with E-state index in [0.29, 0.717) is 47.1 Å². The Morgan fingerprint density at radius 2 is 2.07 bits per heavy atom. The van der Waals surface area contributed by atoms with Gasteiger partial charge in [0, 0.05) is 36.4 Å². The lowest BCUT2D eigenvalue weighted by Crippen LogP contribution is -2.31. The second-order valence-electron chi connectivity index (χ2n) is 6.86. The van der Waals surface area contributed by atoms with Gasteiger partial charge in [-0.05, 0) is 42.3 Å². The minimum Gasteiger partial charge on any atom is -0.508 e. The Labute approximate surface area is 172 Å². The fraction of sp³-hybridized carbons (Fsp3) is 0.238. The number of phenols is 2. The normalized spacial score (nSPS) is 15.7. The molecule has 1 unspecified atom stereocenters. The van der Waals surface area contributed by atoms with Gasteiger partial charge in [-0.25, -0.2) is 0 Å². The molecule has 1 aromatic heterocycles. The van der Waals surface area contributed by atoms with Crippen molar-refractivity contribution in [3.63, 3.8) is 0 Å². The van der Waals surface area contributed by atoms with E-state index in [1.165, 1.54) is 6.07 Å². The molecule has 7 nitrogen and oxygen atoms in total. The van der Waals surface area contributed by atoms with Crippen molar-refractivity contribution in [1.29, 1.82) is 0 Å². The quantitative estimate of drug-likeness (QED) is 0.535. The fourth-order valence-corrected chi connectivity index (χ4v) is 3.92. The van der Waals surface area contributed by atoms with Gasteiger partial charge in [0.1, 0.15) is 22.9 Å². The zero-order chi connectivity index (χ0) is 20.5. The maximum atomic E-state index is 13.1. The Bertz CT molecular complexity index is 1070. The second-order valence-corrected chi connectivity index (χ2v) is 7.30. The van der Waals surface area contributed by atoms with E-state index < -0.39 is 6.04 Å². The smallest absolute Gasteiger partial charge is 0.273 e. The number of phenolic OH excluding ortho intramolecular Hbond substituents is 2. The summed E-state index contributed by atoms with van der Waals surface area (Å²) in [6.45, 7) is 0.987. The van der Waals surface area contributed by atoms with Crippen LogP contribution >= 0.6 is 11.6 Å². The minimum absolute atomic E-state index is 0.0173. The predicted octanol–water partition coefficient (Wildman–Crippen LogP) is 3.72. The van der Waals surface area contributed by atoms with Crippen LogP contribution in [0.25, 0.3) is 11.3 Å². The first-order chi connectivity index (χ1) is 14.0. The van der Waals surface area contributed by atoms with Crippen molar-refractivity contribution in [2.75, 3.05) is 20.3 Å². The number of rotatable bonds is 6. The van der Waals surface area contributed by atoms with Crippen LogP contribution in [0.15, 0.2) is 42.5 Å². The molecule has 29 heavy (non-hydrogen) atoms. The lowest BCUT2D eigenvalue weighted by atomic mass is 9.95. The van der Waals surface area contributed by atoms with Gasteiger partial charge in [-0.3, -0.25) is 9.89 Å². The molecule has 0 spiro atoms. The molecule has 150 valence electrons. The number of methoxy groups -OCH3 is 1. The Balaban J connectivity index is 1.86. The molecule has 4 rings (SSSR count). The third-order valence-electron chi connectivity index (χ3n) is 5.01. The van der Waals surface area contributed by atoms with Gasteiger partial charge in [0.05, 0.1) is 6.04 Å². The standard InChI is InChI=1S/C21H20ClN3O4/c1-29-9-3-8-25-20(12-4-2-5-14(26)10-12)17-18(23-24-19(17)21(25)28)15-11-13(22)6-7-16(15)27/h2,4-7,10-11,20,26-27H,3,8-9H2,1H3,(H,23,24). The number of hydrogen-bond acceptors (Lipinski definition) is 5. The van der Waals surface area contributed by atoms with Gasteiger partial charge in [-0.15, -0.1) is 0 Å². The maximum absolute atomic E-state index is 13.1. The second kappa shape index (κ2) is 7.77. The average molecular weight is 414 g/mol. The van der Waals surface area contributed by atoms with E-state index >= 15 is 0 Å². The summed E-state index contributed by atoms with van der Waals surface area (Å²) in [7, 11) is 1.62. The summed E-state index contributed by atoms with van der Waals surface area (Å²) in [5.74, 6) is -0.0655. The Kier molecular flexibility index (Phi) is 5.17. The molecule has 1 atom stereocenters. The Hall–Kier alpha value is -3.03. The molecular weight excluding hydrogens is 394 g/mol. The van der Waals surface area contributed by atoms with Crippen LogP contribution in [0.1, 0.15) is 34.1 Å². The number of nitrogens with one attached hydrogen (secondary N) is 1. The number of ether oxygens (including phenoxy) is 1. The van der Waals surface area contributed by atoms with Crippen LogP contribution in [0, 0.1) is 0 Å². The third kappa shape index (κ3) is 3.43. The summed E-state index contributed by atoms with van der Waals surface area (Å²) in [6.07, 6.45) is 0.660. The number of amides is 1. The summed E-state index contributed by atoms with van der Waals surface area (Å²) in [4.78, 5) is 14.8. The van der Waals surface area contributed by atoms with E-state index in [1.54, 1.807) is 42.3 Å². The number of fused-ring (bicyclic) bond motifs is 1. The largest absolute Gasteiger partial charge is 0.508 e. The van der Waals surface area contributed by atoms with Crippen LogP contribution in [-0.2, 0) is 4.74 Å². The number of hydrogen-bond donors (Lipinski definition) is 3. The van der Waals surface area contributed by atoms with Crippen LogP contribution in [0.2, 0.25) is 5.02 Å². The highest BCUT2D eigenvalue weighted by atomic mass is 35.5. The summed E-state index contributed by atoms with van der Waals surface area (Å²) < 4.78 is 5.13. The van der Waals surface area contributed by atoms with Crippen molar-refractivity contribution in [3.05, 3.63) is 64.3 Å². The number of H-pyrrole nitrogens is 1. The number of aromatic nitrogens is 2. The fourth-order valence-electron chi connectivity index (χ4n) is 3.75. The lowest BCUT2D eigenvalue weighted by Gasteiger charge is -2.26. The van der Waals surface area contributed by atoms with Crippen molar-refractivity contribution in [1.82, 2.24) is 15.1 Å². The van der Waals surface area contributed by atoms with Crippen molar-refractivity contribution in [3.8, 4) is 22.8 Å². The van der Waals surface area contributed by atoms with E-state index in [0.717, 1.165) is 5.56 Å². The van der Waals surface area contributed by atoms with E-state index in [4.69, 9.17) is 16.3 Å². The first-order valence-electron chi connectivity index (χ1n) is 9.17. The van der Waals surface area contributed by atoms with Gasteiger partial charge in [-0.2, -0.15) is 5.10 Å². The molecule has 1 aliphatic rings. The van der Waals surface area contributed by atoms with Gasteiger partial charge in [0.15, 0.2) is 0 Å². The number of benzene rings is 2. The van der Waals surface area contributed by atoms with E-state index in [9.17, 15) is 15.0 Å². The van der Waals surface area contributed by atoms with Gasteiger partial charge in [0.2, 0.25) is 0 Å². The first-order valence-corrected chi connectivity index (χ1v) is 9.55. The van der Waals surface area contributed by atoms with Crippen molar-refractivity contribution < 1.29 is 19.7 Å². The van der Waals surface area contributed by atoms with Gasteiger partial charge in [-0.1, -0.05) is 23.7 Å². The molecule has 3 N–H and O–H groups in total. The predicted molar refractivity (Wildman–Crippen MR) is 108 cm³/mol. The SMILES string of the molecule is COCCCN1C(=O)c2[nH]nc(-c3cc(Cl)ccc3O)c2C1c1cccc(O)c1. The van der Waals surface area contributed by atoms with Crippen LogP contribution < -0.4 is 0 Å². The number of aromatic amines is 1. The molecule has 2 aromatic carbocycles. The number of carbonyl (C=O) groups excluding carboxylic acids is 1. The maximum Gasteiger partial charge on any atom is 0.273 e. The average Bonchev–Trinajstić information content (AvgIpc) is 3.23. The van der Waals surface area contributed by atoms with E-state index in [1.807, 2.05) is 6.07 Å². The molecule has 3 aromatic rings. The summed E-state index contributed by atoms with van der Waals surface area (Å²) >= 11 is 6.13. The van der Waals surface area contributed by atoms with Gasteiger partial charge < -0.3 is 19.8 Å². The van der Waals surface area contributed by atoms with Crippen LogP contribution in [0.5, 0.6) is 11.5 Å². The molecule has 1 amide bonds. The van der Waals surface area contributed by atoms with E-state index in [2.05, 4.69) is 10.2 Å². The van der Waals surface area contributed by atoms with Crippen LogP contribution in [0.3, 0.4) is 0 Å². The summed E-state index contributed by atoms with van der Waals surface area (Å²) in [5, 5.41) is 28.0. The minimum atomic E-state index is -0.464. The van der Waals surface area contributed by atoms with Crippen molar-refractivity contribution >= 4 is 17.5 Å². The van der Waals surface area contributed by atoms with E-state index in [-0.39, 0.29) is 17.4 Å². The number of carbonyl (C=O) groups is 1. The van der Waals surface area contributed by atoms with Gasteiger partial charge >= 0.3 is 0 Å². The Morgan fingerprint density at radius 1 is 1.24 bits per heavy atom. The monoisotopic (exact) mass is 413 g/mol. The molecule has 0 fully saturated rings. The number of halogens is 1. The first kappa shape index (κ1) is 19.3. The zero-order valence-electron chi connectivity index (χ0n) is 15.7. The van der Waals surface area contributed by atoms with Crippen LogP contribution in [0.4, 0.5) is 0 Å². The molecule has 0 bridgehead atoms. The molecule has 2 heterocycles. The molecule has 0 radical (unpaired) electrons. The highest BCUT2D eigenvalue weighted by molar-refractivity contribution is 6.31. The number of nitrogens with zero attached hydrogens (tertiary/aromatic N) is 2. The highest BCUT2D eigenvalue weighted by Crippen LogP contribution is 2.45. The molecule has 0 saturated carbocycles.